The lowest BCUT2D eigenvalue weighted by atomic mass is 9.41. The predicted molar refractivity (Wildman–Crippen MR) is 218 cm³/mol. The summed E-state index contributed by atoms with van der Waals surface area (Å²) in [5.74, 6) is -0.750. The summed E-state index contributed by atoms with van der Waals surface area (Å²) >= 11 is 0. The third-order valence-electron chi connectivity index (χ3n) is 17.0. The minimum absolute atomic E-state index is 0.0493. The molecular weight excluding hydrogens is 880 g/mol. The van der Waals surface area contributed by atoms with E-state index in [9.17, 15) is 71.2 Å². The topological polar surface area (TPSA) is 354 Å². The number of aliphatic hydroxyl groups is 13. The number of fused-ring (bicyclic) bond motifs is 3. The van der Waals surface area contributed by atoms with Crippen molar-refractivity contribution in [1.29, 1.82) is 0 Å². The van der Waals surface area contributed by atoms with Crippen molar-refractivity contribution in [3.05, 3.63) is 12.2 Å². The summed E-state index contributed by atoms with van der Waals surface area (Å²) in [6.45, 7) is 7.77. The molecule has 22 heteroatoms. The molecule has 8 fully saturated rings. The smallest absolute Gasteiger partial charge is 0.314 e. The molecule has 4 aliphatic carbocycles. The van der Waals surface area contributed by atoms with Gasteiger partial charge in [-0.05, 0) is 93.5 Å². The maximum Gasteiger partial charge on any atom is 0.314 e. The number of hydrogen-bond acceptors (Lipinski definition) is 22. The fraction of sp³-hybridized carbons (Fsp3) is 0.932. The summed E-state index contributed by atoms with van der Waals surface area (Å²) in [5.41, 5.74) is -2.19. The molecule has 8 rings (SSSR count). The number of esters is 1. The standard InChI is InChI=1S/C44H70O22/c1-17-12-43-10-6-22-41(3,8-5-9-42(22,4)40(58)65-38-33(57)30(54)26(50)20(14-46)61-38)23(43)7-11-44(17,16-43)66-39-35(64-36-31(55)28(52)24(48)18(2)59-36)34(27(51)21(15-47)62-39)63-37-32(56)29(53)25(49)19(13-45)60-37/h18-39,45-57H,1,5-16H2,2-4H3/t18-,19-,20-,21-,22-,23+,24-,25-,26-,27-,28+,29+,30+,31+,32-,33-,34+,35-,36-,37+,38-,39+,41-,42-,43-,44+/m1/s1. The van der Waals surface area contributed by atoms with Gasteiger partial charge in [-0.15, -0.1) is 0 Å². The Balaban J connectivity index is 1.06. The van der Waals surface area contributed by atoms with Crippen LogP contribution in [0.2, 0.25) is 0 Å². The van der Waals surface area contributed by atoms with E-state index in [2.05, 4.69) is 13.5 Å². The van der Waals surface area contributed by atoms with Gasteiger partial charge in [0.05, 0.1) is 36.9 Å². The van der Waals surface area contributed by atoms with Crippen LogP contribution in [0.5, 0.6) is 0 Å². The van der Waals surface area contributed by atoms with Crippen LogP contribution in [0.1, 0.15) is 78.6 Å². The molecule has 0 radical (unpaired) electrons. The molecule has 0 unspecified atom stereocenters. The third-order valence-corrected chi connectivity index (χ3v) is 17.0. The zero-order valence-electron chi connectivity index (χ0n) is 37.4. The molecular formula is C44H70O22. The molecule has 0 aromatic heterocycles. The highest BCUT2D eigenvalue weighted by Crippen LogP contribution is 2.73. The van der Waals surface area contributed by atoms with E-state index in [1.54, 1.807) is 0 Å². The van der Waals surface area contributed by atoms with E-state index < -0.39 is 165 Å². The summed E-state index contributed by atoms with van der Waals surface area (Å²) in [6.07, 6.45) is -27.4. The molecule has 0 aromatic carbocycles. The first-order chi connectivity index (χ1) is 31.1. The van der Waals surface area contributed by atoms with Gasteiger partial charge in [0.15, 0.2) is 18.9 Å². The molecule has 0 amide bonds. The van der Waals surface area contributed by atoms with Crippen LogP contribution in [0.25, 0.3) is 0 Å². The van der Waals surface area contributed by atoms with E-state index in [1.807, 2.05) is 6.92 Å². The van der Waals surface area contributed by atoms with Crippen molar-refractivity contribution in [3.63, 3.8) is 0 Å². The Morgan fingerprint density at radius 2 is 1.12 bits per heavy atom. The normalized spacial score (nSPS) is 55.2. The molecule has 1 spiro atoms. The summed E-state index contributed by atoms with van der Waals surface area (Å²) in [6, 6.07) is 0. The summed E-state index contributed by atoms with van der Waals surface area (Å²) in [4.78, 5) is 14.3. The number of carbonyl (C=O) groups excluding carboxylic acids is 1. The Morgan fingerprint density at radius 3 is 1.74 bits per heavy atom. The number of aliphatic hydroxyl groups excluding tert-OH is 13. The first-order valence-electron chi connectivity index (χ1n) is 23.2. The van der Waals surface area contributed by atoms with Crippen molar-refractivity contribution in [2.75, 3.05) is 19.8 Å². The van der Waals surface area contributed by atoms with Crippen molar-refractivity contribution < 1.29 is 109 Å². The van der Waals surface area contributed by atoms with Crippen LogP contribution < -0.4 is 0 Å². The monoisotopic (exact) mass is 950 g/mol. The van der Waals surface area contributed by atoms with E-state index in [0.717, 1.165) is 12.0 Å². The van der Waals surface area contributed by atoms with Gasteiger partial charge < -0.3 is 104 Å². The maximum atomic E-state index is 14.3. The molecule has 4 saturated heterocycles. The Labute approximate surface area is 381 Å². The van der Waals surface area contributed by atoms with E-state index in [0.29, 0.717) is 51.4 Å². The fourth-order valence-electron chi connectivity index (χ4n) is 13.4. The van der Waals surface area contributed by atoms with Crippen LogP contribution in [-0.2, 0) is 42.7 Å². The second-order valence-electron chi connectivity index (χ2n) is 20.8. The van der Waals surface area contributed by atoms with Gasteiger partial charge in [0, 0.05) is 0 Å². The highest BCUT2D eigenvalue weighted by molar-refractivity contribution is 5.77. The van der Waals surface area contributed by atoms with Crippen LogP contribution in [0.3, 0.4) is 0 Å². The molecule has 4 aliphatic heterocycles. The molecule has 378 valence electrons. The maximum absolute atomic E-state index is 14.3. The molecule has 66 heavy (non-hydrogen) atoms. The number of rotatable bonds is 11. The van der Waals surface area contributed by atoms with Gasteiger partial charge in [-0.1, -0.05) is 19.9 Å². The van der Waals surface area contributed by atoms with Crippen LogP contribution in [0.4, 0.5) is 0 Å². The van der Waals surface area contributed by atoms with Crippen LogP contribution in [-0.4, -0.2) is 221 Å². The molecule has 22 nitrogen and oxygen atoms in total. The largest absolute Gasteiger partial charge is 0.432 e. The van der Waals surface area contributed by atoms with E-state index >= 15 is 0 Å². The van der Waals surface area contributed by atoms with Gasteiger partial charge >= 0.3 is 5.97 Å². The first kappa shape index (κ1) is 50.8. The van der Waals surface area contributed by atoms with Gasteiger partial charge in [0.25, 0.3) is 0 Å². The van der Waals surface area contributed by atoms with Gasteiger partial charge in [0.1, 0.15) is 91.6 Å². The molecule has 4 heterocycles. The second-order valence-corrected chi connectivity index (χ2v) is 20.8. The van der Waals surface area contributed by atoms with Gasteiger partial charge in [-0.2, -0.15) is 0 Å². The molecule has 2 bridgehead atoms. The van der Waals surface area contributed by atoms with Gasteiger partial charge in [-0.3, -0.25) is 4.79 Å². The number of ether oxygens (including phenoxy) is 8. The molecule has 0 aromatic rings. The lowest BCUT2D eigenvalue weighted by Gasteiger charge is -2.64. The summed E-state index contributed by atoms with van der Waals surface area (Å²) in [7, 11) is 0. The average molecular weight is 951 g/mol. The predicted octanol–water partition coefficient (Wildman–Crippen LogP) is -4.09. The van der Waals surface area contributed by atoms with Crippen molar-refractivity contribution in [3.8, 4) is 0 Å². The first-order valence-corrected chi connectivity index (χ1v) is 23.2. The Bertz CT molecular complexity index is 1740. The SMILES string of the molecule is C=C1C[C@@]23CC[C@@H]4[C@@](C)(CCC[C@@]4(C)C(=O)O[C@H]4O[C@H](CO)[C@@H](O)[C@H](O)[C@H]4O)[C@@H]2CC[C@]1(O[C@@H]1O[C@H](CO)[C@@H](O)[C@H](O[C@@H]2O[C@H](CO)[C@@H](O)[C@H](O)[C@H]2O)[C@H]1O[C@H]1O[C@H](C)[C@@H](O)[C@H](O)[C@@H]1O)C3. The van der Waals surface area contributed by atoms with Gasteiger partial charge in [0.2, 0.25) is 6.29 Å². The zero-order valence-corrected chi connectivity index (χ0v) is 37.4. The molecule has 13 N–H and O–H groups in total. The van der Waals surface area contributed by atoms with Crippen LogP contribution in [0.15, 0.2) is 12.2 Å². The fourth-order valence-corrected chi connectivity index (χ4v) is 13.4. The van der Waals surface area contributed by atoms with Crippen LogP contribution >= 0.6 is 0 Å². The zero-order chi connectivity index (χ0) is 48.0. The van der Waals surface area contributed by atoms with Crippen molar-refractivity contribution in [2.24, 2.45) is 28.1 Å². The highest BCUT2D eigenvalue weighted by atomic mass is 16.8. The lowest BCUT2D eigenvalue weighted by Crippen LogP contribution is -2.67. The van der Waals surface area contributed by atoms with Crippen molar-refractivity contribution >= 4 is 5.97 Å². The molecule has 8 aliphatic rings. The Morgan fingerprint density at radius 1 is 0.606 bits per heavy atom. The second kappa shape index (κ2) is 18.9. The van der Waals surface area contributed by atoms with Gasteiger partial charge in [-0.25, -0.2) is 0 Å². The minimum Gasteiger partial charge on any atom is -0.432 e. The number of carbonyl (C=O) groups is 1. The number of hydrogen-bond donors (Lipinski definition) is 13. The summed E-state index contributed by atoms with van der Waals surface area (Å²) < 4.78 is 48.4. The Kier molecular flexibility index (Phi) is 14.5. The quantitative estimate of drug-likeness (QED) is 0.0532. The Hall–Kier alpha value is -1.59. The minimum atomic E-state index is -1.92. The third kappa shape index (κ3) is 8.30. The molecule has 26 atom stereocenters. The van der Waals surface area contributed by atoms with E-state index in [4.69, 9.17) is 37.9 Å². The van der Waals surface area contributed by atoms with E-state index in [-0.39, 0.29) is 17.3 Å². The highest BCUT2D eigenvalue weighted by Gasteiger charge is 2.70. The van der Waals surface area contributed by atoms with Crippen LogP contribution in [0, 0.1) is 28.1 Å². The average Bonchev–Trinajstić information content (AvgIpc) is 3.48. The lowest BCUT2D eigenvalue weighted by molar-refractivity contribution is -0.398. The van der Waals surface area contributed by atoms with Crippen molar-refractivity contribution in [2.45, 2.75) is 207 Å². The molecule has 4 saturated carbocycles. The van der Waals surface area contributed by atoms with E-state index in [1.165, 1.54) is 6.92 Å². The summed E-state index contributed by atoms with van der Waals surface area (Å²) in [5, 5.41) is 137. The van der Waals surface area contributed by atoms with Crippen molar-refractivity contribution in [1.82, 2.24) is 0 Å².